The molecule has 0 spiro atoms. The number of halogens is 2. The van der Waals surface area contributed by atoms with Gasteiger partial charge in [0.2, 0.25) is 0 Å². The summed E-state index contributed by atoms with van der Waals surface area (Å²) in [6, 6.07) is 4.73. The number of amides is 1. The first kappa shape index (κ1) is 15.4. The first-order chi connectivity index (χ1) is 10.5. The number of carbonyl (C=O) groups excluding carboxylic acids is 2. The van der Waals surface area contributed by atoms with Gasteiger partial charge in [-0.05, 0) is 42.9 Å². The van der Waals surface area contributed by atoms with Crippen molar-refractivity contribution in [3.05, 3.63) is 40.4 Å². The Morgan fingerprint density at radius 3 is 2.45 bits per heavy atom. The largest absolute Gasteiger partial charge is 0.455 e. The van der Waals surface area contributed by atoms with Gasteiger partial charge >= 0.3 is 5.97 Å². The lowest BCUT2D eigenvalue weighted by Crippen LogP contribution is -2.26. The molecule has 4 nitrogen and oxygen atoms in total. The lowest BCUT2D eigenvalue weighted by Gasteiger charge is -2.16. The molecule has 3 rings (SSSR count). The number of fused-ring (bicyclic) bond motifs is 2. The van der Waals surface area contributed by atoms with Crippen molar-refractivity contribution in [3.63, 3.8) is 0 Å². The average molecular weight is 340 g/mol. The van der Waals surface area contributed by atoms with Crippen LogP contribution in [-0.4, -0.2) is 18.5 Å². The summed E-state index contributed by atoms with van der Waals surface area (Å²) >= 11 is 11.7. The van der Waals surface area contributed by atoms with Crippen molar-refractivity contribution in [3.8, 4) is 0 Å². The number of hydrogen-bond donors (Lipinski definition) is 1. The van der Waals surface area contributed by atoms with E-state index in [0.717, 1.165) is 12.8 Å². The third kappa shape index (κ3) is 3.45. The molecule has 0 heterocycles. The van der Waals surface area contributed by atoms with Crippen LogP contribution in [-0.2, 0) is 14.3 Å². The molecule has 1 fully saturated rings. The second-order valence-corrected chi connectivity index (χ2v) is 6.57. The first-order valence-electron chi connectivity index (χ1n) is 7.12. The zero-order valence-electron chi connectivity index (χ0n) is 11.7. The summed E-state index contributed by atoms with van der Waals surface area (Å²) in [5.74, 6) is -0.0535. The van der Waals surface area contributed by atoms with Crippen LogP contribution in [0.15, 0.2) is 30.4 Å². The molecule has 1 amide bonds. The van der Waals surface area contributed by atoms with E-state index < -0.39 is 5.91 Å². The fourth-order valence-corrected chi connectivity index (χ4v) is 3.64. The lowest BCUT2D eigenvalue weighted by atomic mass is 9.94. The minimum Gasteiger partial charge on any atom is -0.455 e. The van der Waals surface area contributed by atoms with Gasteiger partial charge in [0.25, 0.3) is 5.91 Å². The summed E-state index contributed by atoms with van der Waals surface area (Å²) in [5.41, 5.74) is 0.474. The molecule has 2 bridgehead atoms. The molecule has 0 aliphatic heterocycles. The molecule has 6 heteroatoms. The van der Waals surface area contributed by atoms with Gasteiger partial charge in [-0.1, -0.05) is 35.4 Å². The van der Waals surface area contributed by atoms with Gasteiger partial charge in [-0.15, -0.1) is 0 Å². The lowest BCUT2D eigenvalue weighted by molar-refractivity contribution is -0.152. The van der Waals surface area contributed by atoms with E-state index in [-0.39, 0.29) is 24.4 Å². The van der Waals surface area contributed by atoms with Gasteiger partial charge < -0.3 is 10.1 Å². The molecule has 0 radical (unpaired) electrons. The number of hydrogen-bond acceptors (Lipinski definition) is 3. The monoisotopic (exact) mass is 339 g/mol. The molecule has 0 saturated heterocycles. The molecule has 2 aliphatic rings. The van der Waals surface area contributed by atoms with Crippen LogP contribution in [0.5, 0.6) is 0 Å². The smallest absolute Gasteiger partial charge is 0.310 e. The maximum absolute atomic E-state index is 12.0. The van der Waals surface area contributed by atoms with E-state index in [2.05, 4.69) is 17.5 Å². The number of rotatable bonds is 4. The van der Waals surface area contributed by atoms with Crippen molar-refractivity contribution in [2.75, 3.05) is 11.9 Å². The molecule has 1 aromatic carbocycles. The number of anilines is 1. The summed E-state index contributed by atoms with van der Waals surface area (Å²) in [4.78, 5) is 23.8. The number of ether oxygens (including phenoxy) is 1. The standard InChI is InChI=1S/C16H15Cl2NO3/c17-11-5-12(18)7-13(6-11)19-15(20)8-22-16(21)14-4-9-1-2-10(14)3-9/h1-2,5-7,9-10,14H,3-4,8H2,(H,19,20)/t9-,10+,14+/m0/s1. The number of nitrogens with one attached hydrogen (secondary N) is 1. The highest BCUT2D eigenvalue weighted by atomic mass is 35.5. The summed E-state index contributed by atoms with van der Waals surface area (Å²) in [5, 5.41) is 3.45. The molecule has 2 aliphatic carbocycles. The number of allylic oxidation sites excluding steroid dienone is 2. The predicted molar refractivity (Wildman–Crippen MR) is 84.9 cm³/mol. The van der Waals surface area contributed by atoms with Crippen LogP contribution in [0.2, 0.25) is 10.0 Å². The highest BCUT2D eigenvalue weighted by Gasteiger charge is 2.40. The van der Waals surface area contributed by atoms with Crippen molar-refractivity contribution >= 4 is 40.8 Å². The Kier molecular flexibility index (Phi) is 4.41. The molecular formula is C16H15Cl2NO3. The van der Waals surface area contributed by atoms with Crippen LogP contribution in [0.3, 0.4) is 0 Å². The Morgan fingerprint density at radius 2 is 1.86 bits per heavy atom. The maximum atomic E-state index is 12.0. The third-order valence-electron chi connectivity index (χ3n) is 4.07. The minimum absolute atomic E-state index is 0.108. The Hall–Kier alpha value is -1.52. The van der Waals surface area contributed by atoms with Crippen LogP contribution in [0.25, 0.3) is 0 Å². The fourth-order valence-electron chi connectivity index (χ4n) is 3.12. The van der Waals surface area contributed by atoms with Gasteiger partial charge in [0.1, 0.15) is 0 Å². The van der Waals surface area contributed by atoms with Gasteiger partial charge in [0.05, 0.1) is 5.92 Å². The van der Waals surface area contributed by atoms with Gasteiger partial charge in [-0.25, -0.2) is 0 Å². The quantitative estimate of drug-likeness (QED) is 0.672. The van der Waals surface area contributed by atoms with Crippen LogP contribution in [0, 0.1) is 17.8 Å². The summed E-state index contributed by atoms with van der Waals surface area (Å²) < 4.78 is 5.12. The van der Waals surface area contributed by atoms with Crippen molar-refractivity contribution < 1.29 is 14.3 Å². The van der Waals surface area contributed by atoms with Gasteiger partial charge in [-0.3, -0.25) is 9.59 Å². The van der Waals surface area contributed by atoms with E-state index in [4.69, 9.17) is 27.9 Å². The number of benzene rings is 1. The topological polar surface area (TPSA) is 55.4 Å². The highest BCUT2D eigenvalue weighted by molar-refractivity contribution is 6.35. The zero-order valence-corrected chi connectivity index (χ0v) is 13.2. The molecule has 1 N–H and O–H groups in total. The number of carbonyl (C=O) groups is 2. The van der Waals surface area contributed by atoms with Gasteiger partial charge in [0.15, 0.2) is 6.61 Å². The van der Waals surface area contributed by atoms with Crippen LogP contribution >= 0.6 is 23.2 Å². The predicted octanol–water partition coefficient (Wildman–Crippen LogP) is 3.69. The number of esters is 1. The second kappa shape index (κ2) is 6.31. The SMILES string of the molecule is O=C(COC(=O)[C@@H]1C[C@H]2C=C[C@@H]1C2)Nc1cc(Cl)cc(Cl)c1. The molecular weight excluding hydrogens is 325 g/mol. The Bertz CT molecular complexity index is 624. The molecule has 0 aromatic heterocycles. The third-order valence-corrected chi connectivity index (χ3v) is 4.51. The average Bonchev–Trinajstić information content (AvgIpc) is 3.06. The van der Waals surface area contributed by atoms with E-state index in [1.807, 2.05) is 0 Å². The van der Waals surface area contributed by atoms with Gasteiger partial charge in [-0.2, -0.15) is 0 Å². The van der Waals surface area contributed by atoms with Crippen molar-refractivity contribution in [2.45, 2.75) is 12.8 Å². The molecule has 116 valence electrons. The zero-order chi connectivity index (χ0) is 15.7. The van der Waals surface area contributed by atoms with Crippen LogP contribution < -0.4 is 5.32 Å². The van der Waals surface area contributed by atoms with Crippen LogP contribution in [0.4, 0.5) is 5.69 Å². The van der Waals surface area contributed by atoms with E-state index in [9.17, 15) is 9.59 Å². The van der Waals surface area contributed by atoms with Crippen LogP contribution in [0.1, 0.15) is 12.8 Å². The Labute approximate surface area is 138 Å². The van der Waals surface area contributed by atoms with Crippen molar-refractivity contribution in [1.29, 1.82) is 0 Å². The molecule has 3 atom stereocenters. The Balaban J connectivity index is 1.50. The molecule has 22 heavy (non-hydrogen) atoms. The van der Waals surface area contributed by atoms with Gasteiger partial charge in [0, 0.05) is 15.7 Å². The van der Waals surface area contributed by atoms with E-state index in [1.165, 1.54) is 0 Å². The first-order valence-corrected chi connectivity index (χ1v) is 7.88. The summed E-state index contributed by atoms with van der Waals surface area (Å²) in [6.45, 7) is -0.305. The molecule has 1 saturated carbocycles. The summed E-state index contributed by atoms with van der Waals surface area (Å²) in [6.07, 6.45) is 6.08. The maximum Gasteiger partial charge on any atom is 0.310 e. The molecule has 0 unspecified atom stereocenters. The highest BCUT2D eigenvalue weighted by Crippen LogP contribution is 2.43. The van der Waals surface area contributed by atoms with E-state index in [1.54, 1.807) is 18.2 Å². The van der Waals surface area contributed by atoms with E-state index in [0.29, 0.717) is 21.7 Å². The van der Waals surface area contributed by atoms with Crippen molar-refractivity contribution in [2.24, 2.45) is 17.8 Å². The summed E-state index contributed by atoms with van der Waals surface area (Å²) in [7, 11) is 0. The second-order valence-electron chi connectivity index (χ2n) is 5.70. The Morgan fingerprint density at radius 1 is 1.14 bits per heavy atom. The van der Waals surface area contributed by atoms with E-state index >= 15 is 0 Å². The van der Waals surface area contributed by atoms with Crippen molar-refractivity contribution in [1.82, 2.24) is 0 Å². The molecule has 1 aromatic rings. The fraction of sp³-hybridized carbons (Fsp3) is 0.375. The minimum atomic E-state index is -0.412. The normalized spacial score (nSPS) is 25.3.